The van der Waals surface area contributed by atoms with Crippen LogP contribution in [-0.2, 0) is 11.2 Å². The summed E-state index contributed by atoms with van der Waals surface area (Å²) < 4.78 is 0. The number of carbonyl (C=O) groups is 1. The Labute approximate surface area is 138 Å². The van der Waals surface area contributed by atoms with Crippen LogP contribution in [0.4, 0.5) is 0 Å². The summed E-state index contributed by atoms with van der Waals surface area (Å²) >= 11 is 0. The van der Waals surface area contributed by atoms with E-state index in [4.69, 9.17) is 5.26 Å². The van der Waals surface area contributed by atoms with E-state index in [1.807, 2.05) is 12.1 Å². The molecule has 2 aromatic carbocycles. The van der Waals surface area contributed by atoms with Gasteiger partial charge in [0.05, 0.1) is 17.7 Å². The number of hydrogen-bond acceptors (Lipinski definition) is 2. The molecular weight excluding hydrogens is 284 g/mol. The van der Waals surface area contributed by atoms with Crippen molar-refractivity contribution >= 4 is 5.91 Å². The summed E-state index contributed by atoms with van der Waals surface area (Å²) in [5, 5.41) is 11.9. The van der Waals surface area contributed by atoms with Gasteiger partial charge in [-0.15, -0.1) is 0 Å². The molecule has 1 N–H and O–H groups in total. The number of aryl methyl sites for hydroxylation is 2. The molecule has 0 radical (unpaired) electrons. The van der Waals surface area contributed by atoms with Crippen LogP contribution in [0.25, 0.3) is 0 Å². The summed E-state index contributed by atoms with van der Waals surface area (Å²) in [6.07, 6.45) is 2.00. The second kappa shape index (κ2) is 8.14. The van der Waals surface area contributed by atoms with E-state index in [-0.39, 0.29) is 11.9 Å². The molecule has 2 aromatic rings. The topological polar surface area (TPSA) is 52.9 Å². The molecule has 118 valence electrons. The number of rotatable bonds is 6. The largest absolute Gasteiger partial charge is 0.349 e. The molecule has 2 rings (SSSR count). The van der Waals surface area contributed by atoms with Gasteiger partial charge in [0, 0.05) is 6.42 Å². The van der Waals surface area contributed by atoms with E-state index in [0.29, 0.717) is 18.4 Å². The lowest BCUT2D eigenvalue weighted by Crippen LogP contribution is -2.28. The normalized spacial score (nSPS) is 11.5. The van der Waals surface area contributed by atoms with Crippen LogP contribution in [0.2, 0.25) is 0 Å². The lowest BCUT2D eigenvalue weighted by Gasteiger charge is -2.17. The van der Waals surface area contributed by atoms with Crippen LogP contribution >= 0.6 is 0 Å². The minimum atomic E-state index is 0.0572. The highest BCUT2D eigenvalue weighted by Crippen LogP contribution is 2.17. The highest BCUT2D eigenvalue weighted by molar-refractivity contribution is 5.76. The van der Waals surface area contributed by atoms with Gasteiger partial charge in [-0.05, 0) is 43.0 Å². The Kier molecular flexibility index (Phi) is 5.94. The molecule has 1 atom stereocenters. The predicted octanol–water partition coefficient (Wildman–Crippen LogP) is 4.07. The molecule has 0 bridgehead atoms. The Hall–Kier alpha value is -2.60. The van der Waals surface area contributed by atoms with Gasteiger partial charge in [-0.2, -0.15) is 5.26 Å². The van der Waals surface area contributed by atoms with E-state index in [2.05, 4.69) is 49.5 Å². The maximum absolute atomic E-state index is 12.2. The zero-order valence-corrected chi connectivity index (χ0v) is 13.7. The lowest BCUT2D eigenvalue weighted by molar-refractivity contribution is -0.121. The highest BCUT2D eigenvalue weighted by atomic mass is 16.1. The predicted molar refractivity (Wildman–Crippen MR) is 91.8 cm³/mol. The van der Waals surface area contributed by atoms with Crippen LogP contribution in [0.1, 0.15) is 48.1 Å². The van der Waals surface area contributed by atoms with Crippen molar-refractivity contribution in [3.63, 3.8) is 0 Å². The van der Waals surface area contributed by atoms with Crippen molar-refractivity contribution < 1.29 is 4.79 Å². The first-order valence-electron chi connectivity index (χ1n) is 7.97. The summed E-state index contributed by atoms with van der Waals surface area (Å²) in [5.41, 5.74) is 4.08. The van der Waals surface area contributed by atoms with E-state index in [9.17, 15) is 4.79 Å². The summed E-state index contributed by atoms with van der Waals surface area (Å²) in [5.74, 6) is 0.0572. The number of nitrogens with zero attached hydrogens (tertiary/aromatic N) is 1. The van der Waals surface area contributed by atoms with E-state index in [0.717, 1.165) is 17.5 Å². The molecule has 0 heterocycles. The SMILES string of the molecule is CCC(NC(=O)CCc1ccc(C#N)cc1)c1ccc(C)cc1. The Morgan fingerprint density at radius 1 is 1.13 bits per heavy atom. The molecule has 3 nitrogen and oxygen atoms in total. The van der Waals surface area contributed by atoms with Crippen molar-refractivity contribution in [2.24, 2.45) is 0 Å². The Morgan fingerprint density at radius 2 is 1.78 bits per heavy atom. The number of nitrogens with one attached hydrogen (secondary N) is 1. The van der Waals surface area contributed by atoms with Gasteiger partial charge >= 0.3 is 0 Å². The number of nitriles is 1. The van der Waals surface area contributed by atoms with E-state index >= 15 is 0 Å². The first kappa shape index (κ1) is 16.8. The van der Waals surface area contributed by atoms with Crippen molar-refractivity contribution in [3.05, 3.63) is 70.8 Å². The third-order valence-electron chi connectivity index (χ3n) is 3.95. The Balaban J connectivity index is 1.89. The Morgan fingerprint density at radius 3 is 2.35 bits per heavy atom. The summed E-state index contributed by atoms with van der Waals surface area (Å²) in [6.45, 7) is 4.13. The minimum Gasteiger partial charge on any atom is -0.349 e. The van der Waals surface area contributed by atoms with Gasteiger partial charge in [0.2, 0.25) is 5.91 Å². The minimum absolute atomic E-state index is 0.0572. The van der Waals surface area contributed by atoms with Gasteiger partial charge in [0.1, 0.15) is 0 Å². The fraction of sp³-hybridized carbons (Fsp3) is 0.300. The first-order chi connectivity index (χ1) is 11.1. The van der Waals surface area contributed by atoms with Crippen molar-refractivity contribution in [1.29, 1.82) is 5.26 Å². The van der Waals surface area contributed by atoms with Gasteiger partial charge in [-0.3, -0.25) is 4.79 Å². The van der Waals surface area contributed by atoms with Crippen LogP contribution in [0, 0.1) is 18.3 Å². The standard InChI is InChI=1S/C20H22N2O/c1-3-19(18-11-4-15(2)5-12-18)22-20(23)13-10-16-6-8-17(14-21)9-7-16/h4-9,11-12,19H,3,10,13H2,1-2H3,(H,22,23). The smallest absolute Gasteiger partial charge is 0.220 e. The molecule has 0 fully saturated rings. The van der Waals surface area contributed by atoms with Gasteiger partial charge < -0.3 is 5.32 Å². The van der Waals surface area contributed by atoms with E-state index in [1.54, 1.807) is 12.1 Å². The maximum atomic E-state index is 12.2. The quantitative estimate of drug-likeness (QED) is 0.874. The molecule has 1 unspecified atom stereocenters. The molecule has 0 aromatic heterocycles. The first-order valence-corrected chi connectivity index (χ1v) is 7.97. The molecule has 0 saturated carbocycles. The monoisotopic (exact) mass is 306 g/mol. The molecular formula is C20H22N2O. The molecule has 23 heavy (non-hydrogen) atoms. The van der Waals surface area contributed by atoms with Crippen LogP contribution in [0.3, 0.4) is 0 Å². The zero-order valence-electron chi connectivity index (χ0n) is 13.7. The average molecular weight is 306 g/mol. The Bertz CT molecular complexity index is 681. The van der Waals surface area contributed by atoms with Crippen molar-refractivity contribution in [2.75, 3.05) is 0 Å². The molecule has 0 aliphatic heterocycles. The summed E-state index contributed by atoms with van der Waals surface area (Å²) in [4.78, 5) is 12.2. The molecule has 0 aliphatic carbocycles. The van der Waals surface area contributed by atoms with Crippen LogP contribution in [0.15, 0.2) is 48.5 Å². The van der Waals surface area contributed by atoms with Gasteiger partial charge in [-0.25, -0.2) is 0 Å². The van der Waals surface area contributed by atoms with Gasteiger partial charge in [0.15, 0.2) is 0 Å². The number of amides is 1. The molecule has 1 amide bonds. The van der Waals surface area contributed by atoms with Crippen LogP contribution in [0.5, 0.6) is 0 Å². The van der Waals surface area contributed by atoms with Crippen LogP contribution < -0.4 is 5.32 Å². The fourth-order valence-corrected chi connectivity index (χ4v) is 2.49. The highest BCUT2D eigenvalue weighted by Gasteiger charge is 2.12. The fourth-order valence-electron chi connectivity index (χ4n) is 2.49. The molecule has 3 heteroatoms. The van der Waals surface area contributed by atoms with Crippen LogP contribution in [-0.4, -0.2) is 5.91 Å². The van der Waals surface area contributed by atoms with E-state index in [1.165, 1.54) is 5.56 Å². The third kappa shape index (κ3) is 4.96. The number of carbonyl (C=O) groups excluding carboxylic acids is 1. The molecule has 0 aliphatic rings. The van der Waals surface area contributed by atoms with E-state index < -0.39 is 0 Å². The maximum Gasteiger partial charge on any atom is 0.220 e. The molecule has 0 spiro atoms. The van der Waals surface area contributed by atoms with Gasteiger partial charge in [0.25, 0.3) is 0 Å². The average Bonchev–Trinajstić information content (AvgIpc) is 2.59. The van der Waals surface area contributed by atoms with Crippen molar-refractivity contribution in [3.8, 4) is 6.07 Å². The lowest BCUT2D eigenvalue weighted by atomic mass is 10.0. The number of hydrogen-bond donors (Lipinski definition) is 1. The number of benzene rings is 2. The third-order valence-corrected chi connectivity index (χ3v) is 3.95. The molecule has 0 saturated heterocycles. The summed E-state index contributed by atoms with van der Waals surface area (Å²) in [7, 11) is 0. The zero-order chi connectivity index (χ0) is 16.7. The second-order valence-electron chi connectivity index (χ2n) is 5.75. The van der Waals surface area contributed by atoms with Crippen molar-refractivity contribution in [1.82, 2.24) is 5.32 Å². The summed E-state index contributed by atoms with van der Waals surface area (Å²) in [6, 6.07) is 17.8. The second-order valence-corrected chi connectivity index (χ2v) is 5.75. The van der Waals surface area contributed by atoms with Gasteiger partial charge in [-0.1, -0.05) is 48.9 Å². The van der Waals surface area contributed by atoms with Crippen molar-refractivity contribution in [2.45, 2.75) is 39.2 Å².